The monoisotopic (exact) mass is 319 g/mol. The van der Waals surface area contributed by atoms with Crippen molar-refractivity contribution < 1.29 is 19.2 Å². The van der Waals surface area contributed by atoms with E-state index in [-0.39, 0.29) is 11.8 Å². The van der Waals surface area contributed by atoms with Crippen molar-refractivity contribution in [3.8, 4) is 0 Å². The summed E-state index contributed by atoms with van der Waals surface area (Å²) in [5.41, 5.74) is 1.65. The lowest BCUT2D eigenvalue weighted by molar-refractivity contribution is -0.135. The number of nitrogens with one attached hydrogen (secondary N) is 2. The van der Waals surface area contributed by atoms with Crippen molar-refractivity contribution in [2.24, 2.45) is 5.16 Å². The average molecular weight is 319 g/mol. The van der Waals surface area contributed by atoms with Crippen molar-refractivity contribution in [2.45, 2.75) is 25.5 Å². The lowest BCUT2D eigenvalue weighted by atomic mass is 10.0. The van der Waals surface area contributed by atoms with Crippen LogP contribution in [0.4, 0.5) is 0 Å². The normalized spacial score (nSPS) is 17.8. The molecule has 7 nitrogen and oxygen atoms in total. The third-order valence-electron chi connectivity index (χ3n) is 3.43. The molecule has 2 rings (SSSR count). The SMILES string of the molecule is COCCNC(=O)[C@H](C)NC(=O)[C@H]1CC(c2ccccc2)=NO1. The van der Waals surface area contributed by atoms with E-state index < -0.39 is 12.1 Å². The van der Waals surface area contributed by atoms with Gasteiger partial charge < -0.3 is 20.2 Å². The Morgan fingerprint density at radius 1 is 1.39 bits per heavy atom. The highest BCUT2D eigenvalue weighted by Gasteiger charge is 2.30. The molecule has 2 amide bonds. The highest BCUT2D eigenvalue weighted by molar-refractivity contribution is 6.04. The number of methoxy groups -OCH3 is 1. The number of hydrogen-bond donors (Lipinski definition) is 2. The molecule has 1 aliphatic heterocycles. The van der Waals surface area contributed by atoms with Crippen molar-refractivity contribution in [3.63, 3.8) is 0 Å². The molecule has 2 N–H and O–H groups in total. The Kier molecular flexibility index (Phi) is 6.10. The summed E-state index contributed by atoms with van der Waals surface area (Å²) in [5.74, 6) is -0.619. The molecule has 0 saturated heterocycles. The van der Waals surface area contributed by atoms with Gasteiger partial charge in [-0.25, -0.2) is 0 Å². The lowest BCUT2D eigenvalue weighted by Crippen LogP contribution is -2.48. The quantitative estimate of drug-likeness (QED) is 0.714. The van der Waals surface area contributed by atoms with Gasteiger partial charge in [-0.2, -0.15) is 0 Å². The fourth-order valence-corrected chi connectivity index (χ4v) is 2.12. The number of carbonyl (C=O) groups is 2. The van der Waals surface area contributed by atoms with E-state index in [0.29, 0.717) is 19.6 Å². The molecule has 0 unspecified atom stereocenters. The maximum atomic E-state index is 12.2. The molecule has 1 heterocycles. The molecule has 23 heavy (non-hydrogen) atoms. The zero-order chi connectivity index (χ0) is 16.7. The van der Waals surface area contributed by atoms with E-state index in [1.165, 1.54) is 0 Å². The van der Waals surface area contributed by atoms with Crippen LogP contribution < -0.4 is 10.6 Å². The molecule has 0 spiro atoms. The molecule has 0 saturated carbocycles. The number of benzene rings is 1. The molecular formula is C16H21N3O4. The van der Waals surface area contributed by atoms with Gasteiger partial charge in [0, 0.05) is 20.1 Å². The second-order valence-corrected chi connectivity index (χ2v) is 5.22. The van der Waals surface area contributed by atoms with E-state index in [0.717, 1.165) is 11.3 Å². The number of ether oxygens (including phenoxy) is 1. The van der Waals surface area contributed by atoms with E-state index in [1.807, 2.05) is 30.3 Å². The van der Waals surface area contributed by atoms with E-state index in [9.17, 15) is 9.59 Å². The highest BCUT2D eigenvalue weighted by atomic mass is 16.6. The van der Waals surface area contributed by atoms with Crippen LogP contribution in [-0.4, -0.2) is 49.9 Å². The first-order chi connectivity index (χ1) is 11.1. The molecular weight excluding hydrogens is 298 g/mol. The maximum Gasteiger partial charge on any atom is 0.264 e. The van der Waals surface area contributed by atoms with Gasteiger partial charge in [-0.05, 0) is 12.5 Å². The molecule has 0 aliphatic carbocycles. The van der Waals surface area contributed by atoms with Crippen LogP contribution in [0.25, 0.3) is 0 Å². The number of amides is 2. The highest BCUT2D eigenvalue weighted by Crippen LogP contribution is 2.16. The first-order valence-electron chi connectivity index (χ1n) is 7.47. The second kappa shape index (κ2) is 8.28. The predicted molar refractivity (Wildman–Crippen MR) is 85.0 cm³/mol. The van der Waals surface area contributed by atoms with Gasteiger partial charge in [0.05, 0.1) is 12.3 Å². The molecule has 1 aromatic rings. The minimum absolute atomic E-state index is 0.266. The molecule has 0 aromatic heterocycles. The van der Waals surface area contributed by atoms with Crippen LogP contribution in [0.2, 0.25) is 0 Å². The van der Waals surface area contributed by atoms with Gasteiger partial charge in [-0.3, -0.25) is 9.59 Å². The Bertz CT molecular complexity index is 574. The maximum absolute atomic E-state index is 12.2. The smallest absolute Gasteiger partial charge is 0.264 e. The summed E-state index contributed by atoms with van der Waals surface area (Å²) in [7, 11) is 1.55. The van der Waals surface area contributed by atoms with Crippen LogP contribution in [0.5, 0.6) is 0 Å². The fraction of sp³-hybridized carbons (Fsp3) is 0.438. The Morgan fingerprint density at radius 2 is 2.13 bits per heavy atom. The summed E-state index contributed by atoms with van der Waals surface area (Å²) in [6, 6.07) is 8.88. The zero-order valence-corrected chi connectivity index (χ0v) is 13.2. The number of oxime groups is 1. The summed E-state index contributed by atoms with van der Waals surface area (Å²) in [6.07, 6.45) is -0.326. The molecule has 0 bridgehead atoms. The van der Waals surface area contributed by atoms with Crippen LogP contribution in [0, 0.1) is 0 Å². The summed E-state index contributed by atoms with van der Waals surface area (Å²) in [6.45, 7) is 2.44. The first kappa shape index (κ1) is 17.0. The number of hydrogen-bond acceptors (Lipinski definition) is 5. The first-order valence-corrected chi connectivity index (χ1v) is 7.47. The van der Waals surface area contributed by atoms with Crippen molar-refractivity contribution in [1.82, 2.24) is 10.6 Å². The average Bonchev–Trinajstić information content (AvgIpc) is 3.06. The van der Waals surface area contributed by atoms with Gasteiger partial charge in [0.1, 0.15) is 6.04 Å². The third-order valence-corrected chi connectivity index (χ3v) is 3.43. The molecule has 1 aliphatic rings. The van der Waals surface area contributed by atoms with Gasteiger partial charge >= 0.3 is 0 Å². The van der Waals surface area contributed by atoms with Crippen LogP contribution in [0.15, 0.2) is 35.5 Å². The Labute approximate surface area is 135 Å². The largest absolute Gasteiger partial charge is 0.383 e. The van der Waals surface area contributed by atoms with Gasteiger partial charge in [-0.1, -0.05) is 35.5 Å². The second-order valence-electron chi connectivity index (χ2n) is 5.22. The number of nitrogens with zero attached hydrogens (tertiary/aromatic N) is 1. The standard InChI is InChI=1S/C16H21N3O4/c1-11(15(20)17-8-9-22-2)18-16(21)14-10-13(19-23-14)12-6-4-3-5-7-12/h3-7,11,14H,8-10H2,1-2H3,(H,17,20)(H,18,21)/t11-,14+/m0/s1. The van der Waals surface area contributed by atoms with Crippen LogP contribution in [-0.2, 0) is 19.2 Å². The molecule has 124 valence electrons. The van der Waals surface area contributed by atoms with Gasteiger partial charge in [0.25, 0.3) is 5.91 Å². The van der Waals surface area contributed by atoms with Gasteiger partial charge in [-0.15, -0.1) is 0 Å². The summed E-state index contributed by atoms with van der Waals surface area (Å²) in [5, 5.41) is 9.26. The zero-order valence-electron chi connectivity index (χ0n) is 13.2. The van der Waals surface area contributed by atoms with Crippen molar-refractivity contribution in [2.75, 3.05) is 20.3 Å². The predicted octanol–water partition coefficient (Wildman–Crippen LogP) is 0.447. The van der Waals surface area contributed by atoms with E-state index >= 15 is 0 Å². The summed E-state index contributed by atoms with van der Waals surface area (Å²) >= 11 is 0. The Hall–Kier alpha value is -2.41. The van der Waals surface area contributed by atoms with Crippen LogP contribution >= 0.6 is 0 Å². The van der Waals surface area contributed by atoms with Gasteiger partial charge in [0.15, 0.2) is 0 Å². The Balaban J connectivity index is 1.80. The summed E-state index contributed by atoms with van der Waals surface area (Å²) in [4.78, 5) is 29.1. The van der Waals surface area contributed by atoms with Crippen LogP contribution in [0.3, 0.4) is 0 Å². The fourth-order valence-electron chi connectivity index (χ4n) is 2.12. The topological polar surface area (TPSA) is 89.0 Å². The molecule has 7 heteroatoms. The molecule has 0 radical (unpaired) electrons. The molecule has 2 atom stereocenters. The van der Waals surface area contributed by atoms with E-state index in [4.69, 9.17) is 9.57 Å². The van der Waals surface area contributed by atoms with Crippen molar-refractivity contribution in [1.29, 1.82) is 0 Å². The van der Waals surface area contributed by atoms with E-state index in [2.05, 4.69) is 15.8 Å². The van der Waals surface area contributed by atoms with Crippen molar-refractivity contribution in [3.05, 3.63) is 35.9 Å². The van der Waals surface area contributed by atoms with Crippen LogP contribution in [0.1, 0.15) is 18.9 Å². The summed E-state index contributed by atoms with van der Waals surface area (Å²) < 4.78 is 4.85. The Morgan fingerprint density at radius 3 is 2.83 bits per heavy atom. The minimum Gasteiger partial charge on any atom is -0.383 e. The minimum atomic E-state index is -0.709. The lowest BCUT2D eigenvalue weighted by Gasteiger charge is -2.16. The molecule has 1 aromatic carbocycles. The molecule has 0 fully saturated rings. The van der Waals surface area contributed by atoms with Gasteiger partial charge in [0.2, 0.25) is 12.0 Å². The third kappa shape index (κ3) is 4.79. The van der Waals surface area contributed by atoms with E-state index in [1.54, 1.807) is 14.0 Å². The van der Waals surface area contributed by atoms with Crippen molar-refractivity contribution >= 4 is 17.5 Å². The number of carbonyl (C=O) groups excluding carboxylic acids is 2. The number of rotatable bonds is 7.